The molecule has 0 aliphatic rings. The number of hydrogen-bond acceptors (Lipinski definition) is 2. The molecule has 2 aromatic carbocycles. The van der Waals surface area contributed by atoms with Crippen LogP contribution in [0.25, 0.3) is 5.65 Å². The van der Waals surface area contributed by atoms with Gasteiger partial charge in [0.25, 0.3) is 5.91 Å². The molecule has 0 saturated carbocycles. The van der Waals surface area contributed by atoms with Crippen LogP contribution < -0.4 is 5.32 Å². The van der Waals surface area contributed by atoms with Crippen LogP contribution in [0.5, 0.6) is 0 Å². The lowest BCUT2D eigenvalue weighted by molar-refractivity contribution is 0.102. The molecule has 2 aromatic heterocycles. The summed E-state index contributed by atoms with van der Waals surface area (Å²) in [5, 5.41) is 3.73. The van der Waals surface area contributed by atoms with Gasteiger partial charge in [-0.2, -0.15) is 0 Å². The number of halogens is 2. The molecule has 0 radical (unpaired) electrons. The Labute approximate surface area is 166 Å². The summed E-state index contributed by atoms with van der Waals surface area (Å²) < 4.78 is 1.87. The highest BCUT2D eigenvalue weighted by Crippen LogP contribution is 2.25. The van der Waals surface area contributed by atoms with Crippen molar-refractivity contribution in [2.75, 3.05) is 5.32 Å². The number of nitrogens with one attached hydrogen (secondary N) is 1. The molecule has 0 spiro atoms. The number of pyridine rings is 1. The molecule has 0 aliphatic carbocycles. The van der Waals surface area contributed by atoms with Crippen molar-refractivity contribution in [2.24, 2.45) is 0 Å². The van der Waals surface area contributed by atoms with Gasteiger partial charge in [0.05, 0.1) is 15.7 Å². The van der Waals surface area contributed by atoms with Crippen LogP contribution in [0.1, 0.15) is 21.6 Å². The molecular formula is C21H15Cl2N3O. The highest BCUT2D eigenvalue weighted by molar-refractivity contribution is 6.42. The fourth-order valence-corrected chi connectivity index (χ4v) is 3.20. The number of hydrogen-bond donors (Lipinski definition) is 1. The van der Waals surface area contributed by atoms with Crippen molar-refractivity contribution in [3.63, 3.8) is 0 Å². The number of anilines is 1. The maximum Gasteiger partial charge on any atom is 0.256 e. The number of imidazole rings is 1. The van der Waals surface area contributed by atoms with Crippen molar-refractivity contribution in [3.05, 3.63) is 99.8 Å². The van der Waals surface area contributed by atoms with E-state index in [2.05, 4.69) is 10.3 Å². The van der Waals surface area contributed by atoms with Crippen molar-refractivity contribution >= 4 is 40.6 Å². The van der Waals surface area contributed by atoms with Crippen LogP contribution in [0, 0.1) is 0 Å². The second-order valence-electron chi connectivity index (χ2n) is 6.08. The summed E-state index contributed by atoms with van der Waals surface area (Å²) in [5.74, 6) is 0.374. The Hall–Kier alpha value is -2.82. The van der Waals surface area contributed by atoms with E-state index in [1.54, 1.807) is 18.2 Å². The Morgan fingerprint density at radius 3 is 2.52 bits per heavy atom. The molecule has 4 nitrogen and oxygen atoms in total. The van der Waals surface area contributed by atoms with Gasteiger partial charge in [0.2, 0.25) is 0 Å². The average molecular weight is 396 g/mol. The first-order valence-corrected chi connectivity index (χ1v) is 9.14. The lowest BCUT2D eigenvalue weighted by Crippen LogP contribution is -2.14. The van der Waals surface area contributed by atoms with Crippen molar-refractivity contribution in [1.82, 2.24) is 9.38 Å². The molecule has 0 fully saturated rings. The van der Waals surface area contributed by atoms with E-state index in [0.717, 1.165) is 16.9 Å². The summed E-state index contributed by atoms with van der Waals surface area (Å²) in [6, 6.07) is 20.5. The number of aromatic nitrogens is 2. The SMILES string of the molecule is O=C(Nc1c(Cc2ccccc2)nc2ccccn12)c1ccc(Cl)c(Cl)c1. The first-order chi connectivity index (χ1) is 13.1. The molecule has 6 heteroatoms. The van der Waals surface area contributed by atoms with E-state index >= 15 is 0 Å². The predicted molar refractivity (Wildman–Crippen MR) is 109 cm³/mol. The molecule has 0 aliphatic heterocycles. The number of rotatable bonds is 4. The highest BCUT2D eigenvalue weighted by atomic mass is 35.5. The van der Waals surface area contributed by atoms with Crippen molar-refractivity contribution < 1.29 is 4.79 Å². The molecule has 134 valence electrons. The van der Waals surface area contributed by atoms with E-state index in [1.807, 2.05) is 59.1 Å². The highest BCUT2D eigenvalue weighted by Gasteiger charge is 2.16. The van der Waals surface area contributed by atoms with Crippen molar-refractivity contribution in [1.29, 1.82) is 0 Å². The summed E-state index contributed by atoms with van der Waals surface area (Å²) >= 11 is 12.0. The second kappa shape index (κ2) is 7.43. The van der Waals surface area contributed by atoms with Gasteiger partial charge < -0.3 is 5.32 Å². The van der Waals surface area contributed by atoms with Gasteiger partial charge >= 0.3 is 0 Å². The lowest BCUT2D eigenvalue weighted by atomic mass is 10.1. The number of benzene rings is 2. The molecule has 4 rings (SSSR count). The van der Waals surface area contributed by atoms with E-state index in [9.17, 15) is 4.79 Å². The van der Waals surface area contributed by atoms with E-state index in [4.69, 9.17) is 23.2 Å². The third-order valence-corrected chi connectivity index (χ3v) is 4.97. The fourth-order valence-electron chi connectivity index (χ4n) is 2.91. The molecule has 1 amide bonds. The quantitative estimate of drug-likeness (QED) is 0.496. The van der Waals surface area contributed by atoms with Gasteiger partial charge in [-0.1, -0.05) is 59.6 Å². The normalized spacial score (nSPS) is 10.9. The van der Waals surface area contributed by atoms with Gasteiger partial charge in [-0.05, 0) is 35.9 Å². The zero-order valence-electron chi connectivity index (χ0n) is 14.2. The average Bonchev–Trinajstić information content (AvgIpc) is 3.02. The number of carbonyl (C=O) groups excluding carboxylic acids is 1. The molecule has 4 aromatic rings. The van der Waals surface area contributed by atoms with Crippen LogP contribution in [0.4, 0.5) is 5.82 Å². The molecule has 1 N–H and O–H groups in total. The summed E-state index contributed by atoms with van der Waals surface area (Å²) in [7, 11) is 0. The predicted octanol–water partition coefficient (Wildman–Crippen LogP) is 5.48. The standard InChI is InChI=1S/C21H15Cl2N3O/c22-16-10-9-15(13-17(16)23)21(27)25-20-18(12-14-6-2-1-3-7-14)24-19-8-4-5-11-26(19)20/h1-11,13H,12H2,(H,25,27). The van der Waals surface area contributed by atoms with Gasteiger partial charge in [0, 0.05) is 18.2 Å². The second-order valence-corrected chi connectivity index (χ2v) is 6.90. The first kappa shape index (κ1) is 17.6. The summed E-state index contributed by atoms with van der Waals surface area (Å²) in [5.41, 5.74) is 3.11. The third kappa shape index (κ3) is 3.68. The van der Waals surface area contributed by atoms with E-state index in [-0.39, 0.29) is 5.91 Å². The number of fused-ring (bicyclic) bond motifs is 1. The maximum atomic E-state index is 12.8. The summed E-state index contributed by atoms with van der Waals surface area (Å²) in [6.07, 6.45) is 2.49. The smallest absolute Gasteiger partial charge is 0.256 e. The summed E-state index contributed by atoms with van der Waals surface area (Å²) in [4.78, 5) is 17.5. The van der Waals surface area contributed by atoms with Gasteiger partial charge in [0.1, 0.15) is 11.5 Å². The zero-order valence-corrected chi connectivity index (χ0v) is 15.7. The zero-order chi connectivity index (χ0) is 18.8. The Kier molecular flexibility index (Phi) is 4.84. The van der Waals surface area contributed by atoms with Crippen LogP contribution in [0.3, 0.4) is 0 Å². The van der Waals surface area contributed by atoms with E-state index in [0.29, 0.717) is 27.8 Å². The fraction of sp³-hybridized carbons (Fsp3) is 0.0476. The largest absolute Gasteiger partial charge is 0.306 e. The molecule has 0 saturated heterocycles. The molecular weight excluding hydrogens is 381 g/mol. The summed E-state index contributed by atoms with van der Waals surface area (Å²) in [6.45, 7) is 0. The van der Waals surface area contributed by atoms with Crippen LogP contribution in [-0.4, -0.2) is 15.3 Å². The van der Waals surface area contributed by atoms with E-state index in [1.165, 1.54) is 0 Å². The van der Waals surface area contributed by atoms with Crippen LogP contribution in [-0.2, 0) is 6.42 Å². The van der Waals surface area contributed by atoms with Gasteiger partial charge in [0.15, 0.2) is 0 Å². The molecule has 0 atom stereocenters. The van der Waals surface area contributed by atoms with Crippen LogP contribution in [0.15, 0.2) is 72.9 Å². The minimum absolute atomic E-state index is 0.270. The monoisotopic (exact) mass is 395 g/mol. The number of amides is 1. The van der Waals surface area contributed by atoms with Crippen LogP contribution in [0.2, 0.25) is 10.0 Å². The van der Waals surface area contributed by atoms with Crippen molar-refractivity contribution in [2.45, 2.75) is 6.42 Å². The topological polar surface area (TPSA) is 46.4 Å². The van der Waals surface area contributed by atoms with Crippen LogP contribution >= 0.6 is 23.2 Å². The molecule has 0 unspecified atom stereocenters. The molecule has 27 heavy (non-hydrogen) atoms. The Balaban J connectivity index is 1.72. The molecule has 2 heterocycles. The maximum absolute atomic E-state index is 12.8. The number of carbonyl (C=O) groups is 1. The third-order valence-electron chi connectivity index (χ3n) is 4.23. The minimum Gasteiger partial charge on any atom is -0.306 e. The first-order valence-electron chi connectivity index (χ1n) is 8.38. The van der Waals surface area contributed by atoms with Crippen molar-refractivity contribution in [3.8, 4) is 0 Å². The Bertz CT molecular complexity index is 1120. The number of nitrogens with zero attached hydrogens (tertiary/aromatic N) is 2. The lowest BCUT2D eigenvalue weighted by Gasteiger charge is -2.09. The van der Waals surface area contributed by atoms with Gasteiger partial charge in [-0.3, -0.25) is 9.20 Å². The molecule has 0 bridgehead atoms. The minimum atomic E-state index is -0.270. The Morgan fingerprint density at radius 2 is 1.74 bits per heavy atom. The Morgan fingerprint density at radius 1 is 0.963 bits per heavy atom. The van der Waals surface area contributed by atoms with E-state index < -0.39 is 0 Å². The van der Waals surface area contributed by atoms with Gasteiger partial charge in [-0.15, -0.1) is 0 Å². The van der Waals surface area contributed by atoms with Gasteiger partial charge in [-0.25, -0.2) is 4.98 Å².